The number of ether oxygens (including phenoxy) is 1. The van der Waals surface area contributed by atoms with E-state index in [9.17, 15) is 9.90 Å². The lowest BCUT2D eigenvalue weighted by Gasteiger charge is -2.32. The van der Waals surface area contributed by atoms with Gasteiger partial charge in [-0.15, -0.1) is 0 Å². The van der Waals surface area contributed by atoms with Gasteiger partial charge in [-0.1, -0.05) is 30.3 Å². The Morgan fingerprint density at radius 3 is 2.83 bits per heavy atom. The Bertz CT molecular complexity index is 703. The van der Waals surface area contributed by atoms with E-state index >= 15 is 0 Å². The third-order valence-electron chi connectivity index (χ3n) is 4.10. The van der Waals surface area contributed by atoms with Gasteiger partial charge in [0, 0.05) is 25.7 Å². The van der Waals surface area contributed by atoms with Gasteiger partial charge in [0.15, 0.2) is 0 Å². The summed E-state index contributed by atoms with van der Waals surface area (Å²) in [4.78, 5) is 14.4. The highest BCUT2D eigenvalue weighted by atomic mass is 16.5. The molecule has 1 saturated heterocycles. The largest absolute Gasteiger partial charge is 0.507 e. The van der Waals surface area contributed by atoms with Crippen molar-refractivity contribution in [2.45, 2.75) is 19.6 Å². The van der Waals surface area contributed by atoms with Crippen LogP contribution in [0.3, 0.4) is 0 Å². The minimum atomic E-state index is -0.161. The van der Waals surface area contributed by atoms with Crippen LogP contribution in [0.15, 0.2) is 48.5 Å². The van der Waals surface area contributed by atoms with Gasteiger partial charge in [0.2, 0.25) is 0 Å². The summed E-state index contributed by atoms with van der Waals surface area (Å²) in [5, 5.41) is 13.4. The topological polar surface area (TPSA) is 61.8 Å². The molecule has 5 heteroatoms. The van der Waals surface area contributed by atoms with Crippen LogP contribution in [0.1, 0.15) is 22.8 Å². The molecule has 0 bridgehead atoms. The zero-order chi connectivity index (χ0) is 16.9. The second kappa shape index (κ2) is 7.36. The molecule has 2 N–H and O–H groups in total. The van der Waals surface area contributed by atoms with Crippen LogP contribution in [0.5, 0.6) is 11.5 Å². The van der Waals surface area contributed by atoms with E-state index in [4.69, 9.17) is 4.74 Å². The molecule has 0 radical (unpaired) electrons. The summed E-state index contributed by atoms with van der Waals surface area (Å²) >= 11 is 0. The first-order valence-corrected chi connectivity index (χ1v) is 8.16. The first kappa shape index (κ1) is 16.3. The molecule has 0 spiro atoms. The maximum Gasteiger partial charge on any atom is 0.257 e. The molecule has 1 heterocycles. The monoisotopic (exact) mass is 326 g/mol. The van der Waals surface area contributed by atoms with Gasteiger partial charge in [-0.2, -0.15) is 0 Å². The van der Waals surface area contributed by atoms with Crippen LogP contribution in [-0.4, -0.2) is 41.6 Å². The zero-order valence-electron chi connectivity index (χ0n) is 13.7. The normalized spacial score (nSPS) is 17.5. The third-order valence-corrected chi connectivity index (χ3v) is 4.10. The van der Waals surface area contributed by atoms with Crippen molar-refractivity contribution in [3.05, 3.63) is 59.7 Å². The standard InChI is InChI=1S/C19H22N2O3/c1-14-12-21(10-9-20-14)19(23)17-11-16(7-8-18(17)22)24-13-15-5-3-2-4-6-15/h2-8,11,14,20,22H,9-10,12-13H2,1H3/t14-/m1/s1. The zero-order valence-corrected chi connectivity index (χ0v) is 13.7. The summed E-state index contributed by atoms with van der Waals surface area (Å²) < 4.78 is 5.75. The van der Waals surface area contributed by atoms with E-state index in [0.717, 1.165) is 12.1 Å². The highest BCUT2D eigenvalue weighted by Crippen LogP contribution is 2.25. The Balaban J connectivity index is 1.72. The van der Waals surface area contributed by atoms with Crippen LogP contribution in [0.4, 0.5) is 0 Å². The Morgan fingerprint density at radius 2 is 2.08 bits per heavy atom. The number of rotatable bonds is 4. The molecule has 24 heavy (non-hydrogen) atoms. The Hall–Kier alpha value is -2.53. The Labute approximate surface area is 141 Å². The predicted octanol–water partition coefficient (Wildman–Crippen LogP) is 2.41. The highest BCUT2D eigenvalue weighted by Gasteiger charge is 2.24. The maximum absolute atomic E-state index is 12.7. The van der Waals surface area contributed by atoms with E-state index in [1.807, 2.05) is 37.3 Å². The molecular formula is C19H22N2O3. The van der Waals surface area contributed by atoms with Crippen molar-refractivity contribution in [3.63, 3.8) is 0 Å². The van der Waals surface area contributed by atoms with Crippen molar-refractivity contribution in [3.8, 4) is 11.5 Å². The molecule has 5 nitrogen and oxygen atoms in total. The number of amides is 1. The summed E-state index contributed by atoms with van der Waals surface area (Å²) in [6, 6.07) is 14.9. The number of aromatic hydroxyl groups is 1. The van der Waals surface area contributed by atoms with Gasteiger partial charge in [-0.3, -0.25) is 4.79 Å². The lowest BCUT2D eigenvalue weighted by molar-refractivity contribution is 0.0705. The molecule has 0 saturated carbocycles. The maximum atomic E-state index is 12.7. The number of nitrogens with zero attached hydrogens (tertiary/aromatic N) is 1. The number of nitrogens with one attached hydrogen (secondary N) is 1. The van der Waals surface area contributed by atoms with E-state index in [1.165, 1.54) is 6.07 Å². The van der Waals surface area contributed by atoms with E-state index in [-0.39, 0.29) is 23.3 Å². The summed E-state index contributed by atoms with van der Waals surface area (Å²) in [5.74, 6) is 0.396. The van der Waals surface area contributed by atoms with Crippen LogP contribution in [-0.2, 0) is 6.61 Å². The fourth-order valence-electron chi connectivity index (χ4n) is 2.80. The van der Waals surface area contributed by atoms with Crippen LogP contribution in [0.2, 0.25) is 0 Å². The van der Waals surface area contributed by atoms with Crippen molar-refractivity contribution in [2.75, 3.05) is 19.6 Å². The molecule has 1 atom stereocenters. The van der Waals surface area contributed by atoms with Crippen LogP contribution in [0.25, 0.3) is 0 Å². The SMILES string of the molecule is C[C@@H]1CN(C(=O)c2cc(OCc3ccccc3)ccc2O)CCN1. The molecule has 1 aliphatic rings. The molecule has 1 fully saturated rings. The molecule has 2 aromatic carbocycles. The number of hydrogen-bond donors (Lipinski definition) is 2. The van der Waals surface area contributed by atoms with Crippen LogP contribution < -0.4 is 10.1 Å². The summed E-state index contributed by atoms with van der Waals surface area (Å²) in [7, 11) is 0. The van der Waals surface area contributed by atoms with Gasteiger partial charge in [0.25, 0.3) is 5.91 Å². The number of phenols is 1. The molecule has 0 aliphatic carbocycles. The van der Waals surface area contributed by atoms with Crippen molar-refractivity contribution in [1.82, 2.24) is 10.2 Å². The van der Waals surface area contributed by atoms with Crippen molar-refractivity contribution >= 4 is 5.91 Å². The van der Waals surface area contributed by atoms with E-state index in [0.29, 0.717) is 25.4 Å². The minimum absolute atomic E-state index is 0.0155. The molecule has 126 valence electrons. The summed E-state index contributed by atoms with van der Waals surface area (Å²) in [6.07, 6.45) is 0. The molecule has 1 aliphatic heterocycles. The molecule has 3 rings (SSSR count). The second-order valence-corrected chi connectivity index (χ2v) is 6.06. The molecule has 2 aromatic rings. The predicted molar refractivity (Wildman–Crippen MR) is 92.2 cm³/mol. The first-order chi connectivity index (χ1) is 11.6. The van der Waals surface area contributed by atoms with Crippen LogP contribution >= 0.6 is 0 Å². The Kier molecular flexibility index (Phi) is 5.01. The van der Waals surface area contributed by atoms with E-state index in [2.05, 4.69) is 5.32 Å². The molecular weight excluding hydrogens is 304 g/mol. The van der Waals surface area contributed by atoms with Crippen LogP contribution in [0, 0.1) is 0 Å². The number of hydrogen-bond acceptors (Lipinski definition) is 4. The average Bonchev–Trinajstić information content (AvgIpc) is 2.61. The van der Waals surface area contributed by atoms with Gasteiger partial charge < -0.3 is 20.1 Å². The highest BCUT2D eigenvalue weighted by molar-refractivity contribution is 5.97. The lowest BCUT2D eigenvalue weighted by Crippen LogP contribution is -2.51. The van der Waals surface area contributed by atoms with E-state index in [1.54, 1.807) is 17.0 Å². The first-order valence-electron chi connectivity index (χ1n) is 8.16. The van der Waals surface area contributed by atoms with Crippen molar-refractivity contribution in [1.29, 1.82) is 0 Å². The molecule has 1 amide bonds. The number of piperazine rings is 1. The average molecular weight is 326 g/mol. The van der Waals surface area contributed by atoms with Gasteiger partial charge in [0.1, 0.15) is 18.1 Å². The Morgan fingerprint density at radius 1 is 1.29 bits per heavy atom. The van der Waals surface area contributed by atoms with Gasteiger partial charge in [-0.25, -0.2) is 0 Å². The minimum Gasteiger partial charge on any atom is -0.507 e. The number of benzene rings is 2. The third kappa shape index (κ3) is 3.86. The molecule has 0 unspecified atom stereocenters. The smallest absolute Gasteiger partial charge is 0.257 e. The lowest BCUT2D eigenvalue weighted by atomic mass is 10.1. The fraction of sp³-hybridized carbons (Fsp3) is 0.316. The second-order valence-electron chi connectivity index (χ2n) is 6.06. The number of phenolic OH excluding ortho intramolecular Hbond substituents is 1. The molecule has 0 aromatic heterocycles. The van der Waals surface area contributed by atoms with Crippen molar-refractivity contribution in [2.24, 2.45) is 0 Å². The van der Waals surface area contributed by atoms with Gasteiger partial charge >= 0.3 is 0 Å². The van der Waals surface area contributed by atoms with Gasteiger partial charge in [0.05, 0.1) is 5.56 Å². The quantitative estimate of drug-likeness (QED) is 0.906. The fourth-order valence-corrected chi connectivity index (χ4v) is 2.80. The van der Waals surface area contributed by atoms with E-state index < -0.39 is 0 Å². The number of carbonyl (C=O) groups is 1. The summed E-state index contributed by atoms with van der Waals surface area (Å²) in [6.45, 7) is 4.49. The number of carbonyl (C=O) groups excluding carboxylic acids is 1. The summed E-state index contributed by atoms with van der Waals surface area (Å²) in [5.41, 5.74) is 1.34. The van der Waals surface area contributed by atoms with Gasteiger partial charge in [-0.05, 0) is 30.7 Å². The van der Waals surface area contributed by atoms with Crippen molar-refractivity contribution < 1.29 is 14.6 Å².